The molecule has 0 spiro atoms. The van der Waals surface area contributed by atoms with Crippen molar-refractivity contribution in [3.63, 3.8) is 0 Å². The first-order valence-corrected chi connectivity index (χ1v) is 8.34. The number of H-pyrrole nitrogens is 1. The fourth-order valence-corrected chi connectivity index (χ4v) is 2.68. The maximum Gasteiger partial charge on any atom is 0.323 e. The van der Waals surface area contributed by atoms with E-state index in [1.165, 1.54) is 4.90 Å². The predicted octanol–water partition coefficient (Wildman–Crippen LogP) is 1.81. The Hall–Kier alpha value is -2.70. The lowest BCUT2D eigenvalue weighted by Crippen LogP contribution is -2.38. The molecule has 0 radical (unpaired) electrons. The van der Waals surface area contributed by atoms with Crippen LogP contribution in [0.2, 0.25) is 0 Å². The number of aromatic nitrogens is 2. The molecule has 1 aromatic carbocycles. The molecule has 1 aromatic heterocycles. The Kier molecular flexibility index (Phi) is 6.27. The van der Waals surface area contributed by atoms with Gasteiger partial charge in [-0.15, -0.1) is 0 Å². The average Bonchev–Trinajstić information content (AvgIpc) is 2.53. The molecule has 0 saturated carbocycles. The van der Waals surface area contributed by atoms with Crippen LogP contribution in [0.3, 0.4) is 0 Å². The Morgan fingerprint density at radius 2 is 2.00 bits per heavy atom. The number of fused-ring (bicyclic) bond motifs is 1. The van der Waals surface area contributed by atoms with Gasteiger partial charge in [-0.3, -0.25) is 14.4 Å². The van der Waals surface area contributed by atoms with Gasteiger partial charge >= 0.3 is 5.97 Å². The summed E-state index contributed by atoms with van der Waals surface area (Å²) in [6.45, 7) is 4.00. The molecule has 0 aliphatic rings. The van der Waals surface area contributed by atoms with E-state index in [1.54, 1.807) is 18.2 Å². The Morgan fingerprint density at radius 1 is 1.28 bits per heavy atom. The van der Waals surface area contributed by atoms with Crippen LogP contribution >= 0.6 is 0 Å². The van der Waals surface area contributed by atoms with Crippen molar-refractivity contribution in [2.45, 2.75) is 33.1 Å². The zero-order chi connectivity index (χ0) is 18.4. The quantitative estimate of drug-likeness (QED) is 0.759. The van der Waals surface area contributed by atoms with E-state index >= 15 is 0 Å². The molecular formula is C18H23N3O4. The molecule has 7 heteroatoms. The number of rotatable bonds is 8. The number of aryl methyl sites for hydroxylation is 1. The number of aromatic amines is 1. The summed E-state index contributed by atoms with van der Waals surface area (Å²) in [5, 5.41) is 9.47. The molecule has 0 saturated heterocycles. The van der Waals surface area contributed by atoms with Gasteiger partial charge in [-0.05, 0) is 24.5 Å². The highest BCUT2D eigenvalue weighted by Crippen LogP contribution is 2.09. The number of carboxylic acids is 1. The van der Waals surface area contributed by atoms with Crippen LogP contribution < -0.4 is 5.56 Å². The van der Waals surface area contributed by atoms with Crippen molar-refractivity contribution < 1.29 is 14.7 Å². The second kappa shape index (κ2) is 8.41. The molecule has 7 nitrogen and oxygen atoms in total. The van der Waals surface area contributed by atoms with Gasteiger partial charge in [0.25, 0.3) is 5.56 Å². The van der Waals surface area contributed by atoms with Crippen LogP contribution in [0, 0.1) is 5.92 Å². The lowest BCUT2D eigenvalue weighted by molar-refractivity contribution is -0.144. The maximum atomic E-state index is 12.3. The van der Waals surface area contributed by atoms with Gasteiger partial charge in [0.15, 0.2) is 0 Å². The molecule has 0 aliphatic heterocycles. The van der Waals surface area contributed by atoms with Crippen LogP contribution in [0.25, 0.3) is 10.9 Å². The molecule has 1 amide bonds. The molecule has 2 N–H and O–H groups in total. The zero-order valence-electron chi connectivity index (χ0n) is 14.5. The molecule has 0 bridgehead atoms. The number of benzene rings is 1. The van der Waals surface area contributed by atoms with E-state index < -0.39 is 5.97 Å². The van der Waals surface area contributed by atoms with E-state index in [4.69, 9.17) is 5.11 Å². The van der Waals surface area contributed by atoms with Gasteiger partial charge in [0.05, 0.1) is 10.9 Å². The summed E-state index contributed by atoms with van der Waals surface area (Å²) in [6, 6.07) is 7.09. The SMILES string of the molecule is CC(C)CN(CC(=O)O)C(=O)CCCc1nc2ccccc2c(=O)[nH]1. The largest absolute Gasteiger partial charge is 0.480 e. The standard InChI is InChI=1S/C18H23N3O4/c1-12(2)10-21(11-17(23)24)16(22)9-5-8-15-19-14-7-4-3-6-13(14)18(25)20-15/h3-4,6-7,12H,5,8-11H2,1-2H3,(H,23,24)(H,19,20,25). The molecule has 0 fully saturated rings. The highest BCUT2D eigenvalue weighted by Gasteiger charge is 2.17. The lowest BCUT2D eigenvalue weighted by Gasteiger charge is -2.22. The van der Waals surface area contributed by atoms with Gasteiger partial charge in [0.2, 0.25) is 5.91 Å². The van der Waals surface area contributed by atoms with Crippen molar-refractivity contribution in [3.05, 3.63) is 40.4 Å². The number of hydrogen-bond donors (Lipinski definition) is 2. The number of carboxylic acid groups (broad SMARTS) is 1. The van der Waals surface area contributed by atoms with Crippen LogP contribution in [0.4, 0.5) is 0 Å². The molecule has 134 valence electrons. The number of carbonyl (C=O) groups excluding carboxylic acids is 1. The summed E-state index contributed by atoms with van der Waals surface area (Å²) in [5.74, 6) is -0.485. The summed E-state index contributed by atoms with van der Waals surface area (Å²) < 4.78 is 0. The zero-order valence-corrected chi connectivity index (χ0v) is 14.5. The first-order valence-electron chi connectivity index (χ1n) is 8.34. The minimum absolute atomic E-state index is 0.195. The Bertz CT molecular complexity index is 813. The number of para-hydroxylation sites is 1. The Morgan fingerprint density at radius 3 is 2.68 bits per heavy atom. The number of nitrogens with one attached hydrogen (secondary N) is 1. The molecule has 1 heterocycles. The van der Waals surface area contributed by atoms with Gasteiger partial charge < -0.3 is 15.0 Å². The van der Waals surface area contributed by atoms with E-state index in [2.05, 4.69) is 9.97 Å². The number of hydrogen-bond acceptors (Lipinski definition) is 4. The van der Waals surface area contributed by atoms with Crippen LogP contribution in [0.15, 0.2) is 29.1 Å². The predicted molar refractivity (Wildman–Crippen MR) is 94.4 cm³/mol. The lowest BCUT2D eigenvalue weighted by atomic mass is 10.1. The summed E-state index contributed by atoms with van der Waals surface area (Å²) in [5.41, 5.74) is 0.430. The van der Waals surface area contributed by atoms with E-state index in [9.17, 15) is 14.4 Å². The van der Waals surface area contributed by atoms with E-state index in [-0.39, 0.29) is 30.3 Å². The van der Waals surface area contributed by atoms with Gasteiger partial charge in [0.1, 0.15) is 12.4 Å². The number of aliphatic carboxylic acids is 1. The molecule has 2 rings (SSSR count). The normalized spacial score (nSPS) is 11.0. The molecule has 0 atom stereocenters. The molecular weight excluding hydrogens is 322 g/mol. The molecule has 0 unspecified atom stereocenters. The third-order valence-electron chi connectivity index (χ3n) is 3.73. The van der Waals surface area contributed by atoms with Crippen LogP contribution in [-0.4, -0.2) is 44.9 Å². The third-order valence-corrected chi connectivity index (χ3v) is 3.73. The van der Waals surface area contributed by atoms with Crippen LogP contribution in [-0.2, 0) is 16.0 Å². The Labute approximate surface area is 145 Å². The summed E-state index contributed by atoms with van der Waals surface area (Å²) in [6.07, 6.45) is 1.17. The summed E-state index contributed by atoms with van der Waals surface area (Å²) in [7, 11) is 0. The van der Waals surface area contributed by atoms with Gasteiger partial charge in [-0.1, -0.05) is 26.0 Å². The van der Waals surface area contributed by atoms with Gasteiger partial charge in [0, 0.05) is 19.4 Å². The van der Waals surface area contributed by atoms with Crippen molar-refractivity contribution in [2.75, 3.05) is 13.1 Å². The summed E-state index contributed by atoms with van der Waals surface area (Å²) in [4.78, 5) is 43.7. The first kappa shape index (κ1) is 18.6. The maximum absolute atomic E-state index is 12.3. The smallest absolute Gasteiger partial charge is 0.323 e. The monoisotopic (exact) mass is 345 g/mol. The van der Waals surface area contributed by atoms with E-state index in [1.807, 2.05) is 19.9 Å². The second-order valence-electron chi connectivity index (χ2n) is 6.45. The number of carbonyl (C=O) groups is 2. The van der Waals surface area contributed by atoms with Crippen molar-refractivity contribution in [2.24, 2.45) is 5.92 Å². The second-order valence-corrected chi connectivity index (χ2v) is 6.45. The van der Waals surface area contributed by atoms with Crippen molar-refractivity contribution in [1.82, 2.24) is 14.9 Å². The van der Waals surface area contributed by atoms with Gasteiger partial charge in [-0.25, -0.2) is 4.98 Å². The number of nitrogens with zero attached hydrogens (tertiary/aromatic N) is 2. The Balaban J connectivity index is 1.98. The van der Waals surface area contributed by atoms with Crippen molar-refractivity contribution in [1.29, 1.82) is 0 Å². The van der Waals surface area contributed by atoms with Crippen LogP contribution in [0.1, 0.15) is 32.5 Å². The number of amides is 1. The molecule has 0 aliphatic carbocycles. The third kappa shape index (κ3) is 5.41. The highest BCUT2D eigenvalue weighted by molar-refractivity contribution is 5.81. The molecule has 25 heavy (non-hydrogen) atoms. The summed E-state index contributed by atoms with van der Waals surface area (Å²) >= 11 is 0. The first-order chi connectivity index (χ1) is 11.9. The minimum Gasteiger partial charge on any atom is -0.480 e. The minimum atomic E-state index is -1.02. The van der Waals surface area contributed by atoms with Crippen LogP contribution in [0.5, 0.6) is 0 Å². The highest BCUT2D eigenvalue weighted by atomic mass is 16.4. The van der Waals surface area contributed by atoms with Crippen molar-refractivity contribution in [3.8, 4) is 0 Å². The van der Waals surface area contributed by atoms with E-state index in [0.717, 1.165) is 0 Å². The fraction of sp³-hybridized carbons (Fsp3) is 0.444. The van der Waals surface area contributed by atoms with Gasteiger partial charge in [-0.2, -0.15) is 0 Å². The fourth-order valence-electron chi connectivity index (χ4n) is 2.68. The van der Waals surface area contributed by atoms with E-state index in [0.29, 0.717) is 36.1 Å². The molecule has 2 aromatic rings. The van der Waals surface area contributed by atoms with Crippen molar-refractivity contribution >= 4 is 22.8 Å². The topological polar surface area (TPSA) is 103 Å². The average molecular weight is 345 g/mol.